The van der Waals surface area contributed by atoms with Crippen LogP contribution < -0.4 is 0 Å². The van der Waals surface area contributed by atoms with E-state index < -0.39 is 0 Å². The minimum Gasteiger partial charge on any atom is -0.0619 e. The van der Waals surface area contributed by atoms with Gasteiger partial charge in [-0.25, -0.2) is 0 Å². The maximum atomic E-state index is 2.37. The molecule has 0 radical (unpaired) electrons. The van der Waals surface area contributed by atoms with Crippen LogP contribution in [0, 0.1) is 0 Å². The Bertz CT molecular complexity index is 1410. The third-order valence-electron chi connectivity index (χ3n) is 6.10. The Morgan fingerprint density at radius 3 is 2.03 bits per heavy atom. The van der Waals surface area contributed by atoms with E-state index in [1.54, 1.807) is 0 Å². The van der Waals surface area contributed by atoms with E-state index >= 15 is 0 Å². The lowest BCUT2D eigenvalue weighted by Crippen LogP contribution is -1.93. The van der Waals surface area contributed by atoms with Gasteiger partial charge in [0.05, 0.1) is 0 Å². The minimum absolute atomic E-state index is 0.992. The average molecular weight is 368 g/mol. The van der Waals surface area contributed by atoms with E-state index in [1.165, 1.54) is 54.9 Å². The lowest BCUT2D eigenvalue weighted by molar-refractivity contribution is 1.32. The summed E-state index contributed by atoms with van der Waals surface area (Å²) in [6.07, 6.45) is 3.36. The lowest BCUT2D eigenvalue weighted by atomic mass is 9.87. The first-order valence-corrected chi connectivity index (χ1v) is 10.2. The van der Waals surface area contributed by atoms with Crippen LogP contribution in [0.15, 0.2) is 103 Å². The molecule has 5 aromatic rings. The molecule has 0 N–H and O–H groups in total. The van der Waals surface area contributed by atoms with E-state index in [2.05, 4.69) is 109 Å². The van der Waals surface area contributed by atoms with Crippen molar-refractivity contribution >= 4 is 33.2 Å². The fourth-order valence-corrected chi connectivity index (χ4v) is 4.73. The highest BCUT2D eigenvalue weighted by atomic mass is 14.2. The number of rotatable bonds is 2. The molecule has 0 saturated carbocycles. The van der Waals surface area contributed by atoms with Crippen LogP contribution in [0.4, 0.5) is 0 Å². The van der Waals surface area contributed by atoms with Crippen LogP contribution in [0.2, 0.25) is 0 Å². The minimum atomic E-state index is 0.992. The van der Waals surface area contributed by atoms with Gasteiger partial charge in [0.1, 0.15) is 0 Å². The molecule has 5 aromatic carbocycles. The number of fused-ring (bicyclic) bond motifs is 3. The predicted octanol–water partition coefficient (Wildman–Crippen LogP) is 7.76. The molecule has 136 valence electrons. The van der Waals surface area contributed by atoms with Crippen LogP contribution in [0.25, 0.3) is 44.3 Å². The Labute approximate surface area is 170 Å². The van der Waals surface area contributed by atoms with Crippen molar-refractivity contribution in [1.29, 1.82) is 0 Å². The van der Waals surface area contributed by atoms with Gasteiger partial charge >= 0.3 is 0 Å². The largest absolute Gasteiger partial charge is 0.0619 e. The molecule has 0 nitrogen and oxygen atoms in total. The second kappa shape index (κ2) is 6.46. The van der Waals surface area contributed by atoms with Crippen molar-refractivity contribution in [2.24, 2.45) is 0 Å². The molecule has 0 heteroatoms. The summed E-state index contributed by atoms with van der Waals surface area (Å²) in [4.78, 5) is 0. The predicted molar refractivity (Wildman–Crippen MR) is 125 cm³/mol. The first-order chi connectivity index (χ1) is 14.4. The van der Waals surface area contributed by atoms with Gasteiger partial charge in [0.2, 0.25) is 0 Å². The normalized spacial score (nSPS) is 12.9. The maximum absolute atomic E-state index is 2.37. The topological polar surface area (TPSA) is 0 Å². The molecular formula is C29H20. The highest BCUT2D eigenvalue weighted by Gasteiger charge is 2.19. The maximum Gasteiger partial charge on any atom is -0.00135 e. The molecule has 0 unspecified atom stereocenters. The van der Waals surface area contributed by atoms with Gasteiger partial charge in [0.15, 0.2) is 0 Å². The first kappa shape index (κ1) is 16.3. The van der Waals surface area contributed by atoms with E-state index in [1.807, 2.05) is 0 Å². The third-order valence-corrected chi connectivity index (χ3v) is 6.10. The van der Waals surface area contributed by atoms with Gasteiger partial charge < -0.3 is 0 Å². The number of hydrogen-bond donors (Lipinski definition) is 0. The molecule has 0 saturated heterocycles. The number of allylic oxidation sites excluding steroid dienone is 1. The van der Waals surface area contributed by atoms with Gasteiger partial charge in [-0.2, -0.15) is 0 Å². The molecule has 1 aliphatic carbocycles. The van der Waals surface area contributed by atoms with Crippen LogP contribution >= 0.6 is 0 Å². The van der Waals surface area contributed by atoms with E-state index in [9.17, 15) is 0 Å². The van der Waals surface area contributed by atoms with Crippen molar-refractivity contribution in [3.05, 3.63) is 120 Å². The van der Waals surface area contributed by atoms with Crippen molar-refractivity contribution < 1.29 is 0 Å². The quantitative estimate of drug-likeness (QED) is 0.299. The summed E-state index contributed by atoms with van der Waals surface area (Å²) in [5.74, 6) is 0. The van der Waals surface area contributed by atoms with Crippen molar-refractivity contribution in [3.8, 4) is 11.1 Å². The molecule has 0 aromatic heterocycles. The monoisotopic (exact) mass is 368 g/mol. The van der Waals surface area contributed by atoms with Gasteiger partial charge in [-0.15, -0.1) is 0 Å². The summed E-state index contributed by atoms with van der Waals surface area (Å²) in [5, 5.41) is 5.20. The van der Waals surface area contributed by atoms with E-state index in [0.717, 1.165) is 6.42 Å². The van der Waals surface area contributed by atoms with Crippen LogP contribution in [-0.4, -0.2) is 0 Å². The SMILES string of the molecule is C1=C(c2ccc3ccccc3c2-c2cccc3ccccc23)Cc2ccccc21. The lowest BCUT2D eigenvalue weighted by Gasteiger charge is -2.17. The molecule has 0 heterocycles. The van der Waals surface area contributed by atoms with Crippen molar-refractivity contribution in [2.45, 2.75) is 6.42 Å². The van der Waals surface area contributed by atoms with E-state index in [4.69, 9.17) is 0 Å². The third kappa shape index (κ3) is 2.61. The Hall–Kier alpha value is -3.64. The zero-order chi connectivity index (χ0) is 19.2. The van der Waals surface area contributed by atoms with Gasteiger partial charge in [0, 0.05) is 0 Å². The fraction of sp³-hybridized carbons (Fsp3) is 0.0345. The standard InChI is InChI=1S/C29H20/c1-2-11-23-19-24(18-22(23)10-1)27-17-16-21-9-4-6-14-26(21)29(27)28-15-7-12-20-8-3-5-13-25(20)28/h1-18H,19H2. The summed E-state index contributed by atoms with van der Waals surface area (Å²) >= 11 is 0. The van der Waals surface area contributed by atoms with Crippen LogP contribution in [0.5, 0.6) is 0 Å². The average Bonchev–Trinajstić information content (AvgIpc) is 3.22. The Morgan fingerprint density at radius 2 is 1.17 bits per heavy atom. The van der Waals surface area contributed by atoms with Crippen molar-refractivity contribution in [3.63, 3.8) is 0 Å². The van der Waals surface area contributed by atoms with Gasteiger partial charge in [0.25, 0.3) is 0 Å². The van der Waals surface area contributed by atoms with Gasteiger partial charge in [-0.05, 0) is 61.4 Å². The molecule has 1 aliphatic rings. The smallest absolute Gasteiger partial charge is 0.00135 e. The molecule has 0 aliphatic heterocycles. The second-order valence-corrected chi connectivity index (χ2v) is 7.78. The fourth-order valence-electron chi connectivity index (χ4n) is 4.73. The number of hydrogen-bond acceptors (Lipinski definition) is 0. The summed E-state index contributed by atoms with van der Waals surface area (Å²) < 4.78 is 0. The molecule has 0 spiro atoms. The Morgan fingerprint density at radius 1 is 0.483 bits per heavy atom. The molecule has 6 rings (SSSR count). The number of benzene rings is 5. The van der Waals surface area contributed by atoms with Crippen LogP contribution in [0.1, 0.15) is 16.7 Å². The van der Waals surface area contributed by atoms with Crippen molar-refractivity contribution in [2.75, 3.05) is 0 Å². The molecule has 29 heavy (non-hydrogen) atoms. The molecule has 0 fully saturated rings. The second-order valence-electron chi connectivity index (χ2n) is 7.78. The summed E-state index contributed by atoms with van der Waals surface area (Å²) in [7, 11) is 0. The van der Waals surface area contributed by atoms with Gasteiger partial charge in [-0.1, -0.05) is 109 Å². The molecule has 0 amide bonds. The Balaban J connectivity index is 1.68. The van der Waals surface area contributed by atoms with Crippen molar-refractivity contribution in [1.82, 2.24) is 0 Å². The zero-order valence-electron chi connectivity index (χ0n) is 16.1. The zero-order valence-corrected chi connectivity index (χ0v) is 16.1. The highest BCUT2D eigenvalue weighted by molar-refractivity contribution is 6.10. The summed E-state index contributed by atoms with van der Waals surface area (Å²) in [5.41, 5.74) is 8.17. The first-order valence-electron chi connectivity index (χ1n) is 10.2. The van der Waals surface area contributed by atoms with Gasteiger partial charge in [-0.3, -0.25) is 0 Å². The molecular weight excluding hydrogens is 348 g/mol. The molecule has 0 bridgehead atoms. The van der Waals surface area contributed by atoms with Crippen LogP contribution in [0.3, 0.4) is 0 Å². The highest BCUT2D eigenvalue weighted by Crippen LogP contribution is 2.42. The molecule has 0 atom stereocenters. The van der Waals surface area contributed by atoms with E-state index in [-0.39, 0.29) is 0 Å². The summed E-state index contributed by atoms with van der Waals surface area (Å²) in [6.45, 7) is 0. The summed E-state index contributed by atoms with van der Waals surface area (Å²) in [6, 6.07) is 37.4. The Kier molecular flexibility index (Phi) is 3.64. The van der Waals surface area contributed by atoms with E-state index in [0.29, 0.717) is 0 Å². The van der Waals surface area contributed by atoms with Crippen LogP contribution in [-0.2, 0) is 6.42 Å².